The van der Waals surface area contributed by atoms with Gasteiger partial charge >= 0.3 is 6.18 Å². The molecule has 5 rings (SSSR count). The fourth-order valence-electron chi connectivity index (χ4n) is 5.40. The van der Waals surface area contributed by atoms with Gasteiger partial charge in [-0.15, -0.1) is 11.6 Å². The van der Waals surface area contributed by atoms with Crippen LogP contribution in [-0.4, -0.2) is 45.5 Å². The van der Waals surface area contributed by atoms with Crippen molar-refractivity contribution in [2.45, 2.75) is 44.3 Å². The van der Waals surface area contributed by atoms with Gasteiger partial charge in [0.05, 0.1) is 16.9 Å². The van der Waals surface area contributed by atoms with E-state index in [0.717, 1.165) is 18.2 Å². The first-order valence-corrected chi connectivity index (χ1v) is 14.3. The first-order chi connectivity index (χ1) is 20.9. The number of aryl methyl sites for hydroxylation is 1. The van der Waals surface area contributed by atoms with Crippen LogP contribution in [0, 0.1) is 6.92 Å². The number of halogens is 4. The highest BCUT2D eigenvalue weighted by Gasteiger charge is 2.45. The van der Waals surface area contributed by atoms with Crippen molar-refractivity contribution in [1.82, 2.24) is 15.1 Å². The summed E-state index contributed by atoms with van der Waals surface area (Å²) in [5.74, 6) is -2.03. The molecule has 4 aromatic rings. The Morgan fingerprint density at radius 3 is 2.39 bits per heavy atom. The zero-order valence-corrected chi connectivity index (χ0v) is 24.8. The highest BCUT2D eigenvalue weighted by atomic mass is 35.5. The van der Waals surface area contributed by atoms with E-state index in [1.54, 1.807) is 42.8 Å². The Morgan fingerprint density at radius 1 is 1.02 bits per heavy atom. The van der Waals surface area contributed by atoms with Crippen LogP contribution >= 0.6 is 11.6 Å². The third kappa shape index (κ3) is 5.92. The fraction of sp³-hybridized carbons (Fsp3) is 0.250. The molecule has 3 aromatic carbocycles. The lowest BCUT2D eigenvalue weighted by atomic mass is 9.81. The first-order valence-electron chi connectivity index (χ1n) is 13.9. The highest BCUT2D eigenvalue weighted by Crippen LogP contribution is 2.44. The molecular weight excluding hydrogens is 595 g/mol. The second kappa shape index (κ2) is 12.2. The Labute approximate surface area is 256 Å². The third-order valence-corrected chi connectivity index (χ3v) is 7.64. The van der Waals surface area contributed by atoms with Gasteiger partial charge in [-0.1, -0.05) is 36.4 Å². The molecular formula is C32H29ClF3N5O3. The number of carbonyl (C=O) groups excluding carboxylic acids is 3. The topological polar surface area (TPSA) is 96.3 Å². The lowest BCUT2D eigenvalue weighted by Crippen LogP contribution is -2.55. The molecule has 1 aliphatic rings. The van der Waals surface area contributed by atoms with E-state index in [1.807, 2.05) is 30.3 Å². The van der Waals surface area contributed by atoms with Gasteiger partial charge in [-0.2, -0.15) is 18.3 Å². The van der Waals surface area contributed by atoms with Crippen LogP contribution in [0.5, 0.6) is 0 Å². The summed E-state index contributed by atoms with van der Waals surface area (Å²) in [4.78, 5) is 41.6. The summed E-state index contributed by atoms with van der Waals surface area (Å²) in [6.45, 7) is 5.35. The predicted molar refractivity (Wildman–Crippen MR) is 161 cm³/mol. The van der Waals surface area contributed by atoms with Gasteiger partial charge < -0.3 is 10.6 Å². The average Bonchev–Trinajstić information content (AvgIpc) is 3.34. The summed E-state index contributed by atoms with van der Waals surface area (Å²) in [5, 5.41) is 9.44. The molecule has 8 nitrogen and oxygen atoms in total. The molecule has 1 unspecified atom stereocenters. The van der Waals surface area contributed by atoms with E-state index in [1.165, 1.54) is 17.9 Å². The van der Waals surface area contributed by atoms with Gasteiger partial charge in [-0.3, -0.25) is 19.3 Å². The Kier molecular flexibility index (Phi) is 8.51. The summed E-state index contributed by atoms with van der Waals surface area (Å²) >= 11 is 5.95. The normalized spacial score (nSPS) is 17.2. The van der Waals surface area contributed by atoms with Crippen molar-refractivity contribution in [3.05, 3.63) is 107 Å². The van der Waals surface area contributed by atoms with Crippen LogP contribution in [0.25, 0.3) is 5.69 Å². The number of hydrogen-bond acceptors (Lipinski definition) is 4. The predicted octanol–water partition coefficient (Wildman–Crippen LogP) is 6.06. The summed E-state index contributed by atoms with van der Waals surface area (Å²) in [7, 11) is 0. The average molecular weight is 624 g/mol. The molecule has 0 radical (unpaired) electrons. The number of fused-ring (bicyclic) bond motifs is 1. The van der Waals surface area contributed by atoms with E-state index in [2.05, 4.69) is 10.6 Å². The number of nitrogens with one attached hydrogen (secondary N) is 2. The molecule has 3 amide bonds. The van der Waals surface area contributed by atoms with Crippen LogP contribution in [0.1, 0.15) is 52.5 Å². The number of rotatable bonds is 7. The van der Waals surface area contributed by atoms with Gasteiger partial charge in [0.25, 0.3) is 11.8 Å². The summed E-state index contributed by atoms with van der Waals surface area (Å²) in [5.41, 5.74) is 1.72. The number of benzene rings is 3. The van der Waals surface area contributed by atoms with Gasteiger partial charge in [0.15, 0.2) is 0 Å². The maximum atomic E-state index is 14.2. The molecule has 2 heterocycles. The molecule has 0 spiro atoms. The summed E-state index contributed by atoms with van der Waals surface area (Å²) in [6.07, 6.45) is -4.65. The number of aromatic nitrogens is 2. The van der Waals surface area contributed by atoms with Crippen LogP contribution in [0.4, 0.5) is 24.7 Å². The van der Waals surface area contributed by atoms with Crippen LogP contribution in [-0.2, 0) is 15.8 Å². The molecule has 0 saturated heterocycles. The van der Waals surface area contributed by atoms with Gasteiger partial charge in [0.2, 0.25) is 5.91 Å². The number of amides is 3. The van der Waals surface area contributed by atoms with Crippen LogP contribution < -0.4 is 15.5 Å². The van der Waals surface area contributed by atoms with Crippen molar-refractivity contribution in [3.8, 4) is 5.69 Å². The molecule has 1 aromatic heterocycles. The lowest BCUT2D eigenvalue weighted by molar-refractivity contribution is -0.137. The molecule has 1 aliphatic heterocycles. The standard InChI is InChI=1S/C32H29ClF3N5O3/c1-4-40-30-25(19(3)39-41(30)24-14-6-5-7-15-24)26(20-10-9-13-23(17-20)37-28(42)18(2)33)27(31(40)44)38-29(43)21-11-8-12-22(16-21)32(34,35)36/h5-18,26-27H,4H2,1-3H3,(H,37,42)(H,38,43)/t18-,26?,27+/m0/s1. The van der Waals surface area contributed by atoms with Crippen molar-refractivity contribution in [2.75, 3.05) is 16.8 Å². The van der Waals surface area contributed by atoms with Gasteiger partial charge in [0, 0.05) is 29.3 Å². The molecule has 0 bridgehead atoms. The van der Waals surface area contributed by atoms with Crippen molar-refractivity contribution >= 4 is 40.8 Å². The second-order valence-corrected chi connectivity index (χ2v) is 11.0. The maximum absolute atomic E-state index is 14.2. The summed E-state index contributed by atoms with van der Waals surface area (Å²) in [6, 6.07) is 18.9. The monoisotopic (exact) mass is 623 g/mol. The number of hydrogen-bond donors (Lipinski definition) is 2. The van der Waals surface area contributed by atoms with E-state index in [4.69, 9.17) is 16.7 Å². The minimum atomic E-state index is -4.65. The third-order valence-electron chi connectivity index (χ3n) is 7.44. The number of nitrogens with zero attached hydrogens (tertiary/aromatic N) is 3. The molecule has 12 heteroatoms. The maximum Gasteiger partial charge on any atom is 0.416 e. The number of anilines is 2. The van der Waals surface area contributed by atoms with E-state index in [0.29, 0.717) is 34.0 Å². The molecule has 0 aliphatic carbocycles. The number of likely N-dealkylation sites (N-methyl/N-ethyl adjacent to an activating group) is 1. The van der Waals surface area contributed by atoms with Gasteiger partial charge in [-0.25, -0.2) is 4.68 Å². The molecule has 3 atom stereocenters. The van der Waals surface area contributed by atoms with E-state index < -0.39 is 46.8 Å². The second-order valence-electron chi connectivity index (χ2n) is 10.4. The molecule has 0 fully saturated rings. The van der Waals surface area contributed by atoms with Gasteiger partial charge in [0.1, 0.15) is 17.2 Å². The fourth-order valence-corrected chi connectivity index (χ4v) is 5.46. The van der Waals surface area contributed by atoms with E-state index in [9.17, 15) is 27.6 Å². The lowest BCUT2D eigenvalue weighted by Gasteiger charge is -2.38. The molecule has 2 N–H and O–H groups in total. The minimum Gasteiger partial charge on any atom is -0.339 e. The van der Waals surface area contributed by atoms with Gasteiger partial charge in [-0.05, 0) is 68.8 Å². The number of alkyl halides is 4. The van der Waals surface area contributed by atoms with Crippen molar-refractivity contribution < 1.29 is 27.6 Å². The van der Waals surface area contributed by atoms with Crippen molar-refractivity contribution in [1.29, 1.82) is 0 Å². The summed E-state index contributed by atoms with van der Waals surface area (Å²) < 4.78 is 41.9. The molecule has 44 heavy (non-hydrogen) atoms. The highest BCUT2D eigenvalue weighted by molar-refractivity contribution is 6.32. The van der Waals surface area contributed by atoms with Crippen LogP contribution in [0.15, 0.2) is 78.9 Å². The van der Waals surface area contributed by atoms with E-state index >= 15 is 0 Å². The van der Waals surface area contributed by atoms with Crippen LogP contribution in [0.3, 0.4) is 0 Å². The zero-order valence-electron chi connectivity index (χ0n) is 24.0. The van der Waals surface area contributed by atoms with E-state index in [-0.39, 0.29) is 12.1 Å². The van der Waals surface area contributed by atoms with Crippen LogP contribution in [0.2, 0.25) is 0 Å². The quantitative estimate of drug-likeness (QED) is 0.245. The Morgan fingerprint density at radius 2 is 1.73 bits per heavy atom. The number of carbonyl (C=O) groups is 3. The smallest absolute Gasteiger partial charge is 0.339 e. The first kappa shape index (κ1) is 30.8. The number of para-hydroxylation sites is 1. The van der Waals surface area contributed by atoms with Crippen molar-refractivity contribution in [3.63, 3.8) is 0 Å². The minimum absolute atomic E-state index is 0.232. The largest absolute Gasteiger partial charge is 0.416 e. The van der Waals surface area contributed by atoms with Crippen molar-refractivity contribution in [2.24, 2.45) is 0 Å². The Balaban J connectivity index is 1.66. The molecule has 228 valence electrons. The molecule has 0 saturated carbocycles. The zero-order chi connectivity index (χ0) is 31.8. The Hall–Kier alpha value is -4.64. The Bertz CT molecular complexity index is 1720. The SMILES string of the molecule is CCN1C(=O)[C@H](NC(=O)c2cccc(C(F)(F)F)c2)C(c2cccc(NC(=O)[C@H](C)Cl)c2)c2c(C)nn(-c3ccccc3)c21.